The van der Waals surface area contributed by atoms with Crippen molar-refractivity contribution in [3.63, 3.8) is 0 Å². The van der Waals surface area contributed by atoms with E-state index in [0.717, 1.165) is 12.1 Å². The molecule has 0 fully saturated rings. The van der Waals surface area contributed by atoms with E-state index in [-0.39, 0.29) is 11.6 Å². The number of anilines is 1. The molecule has 0 bridgehead atoms. The second kappa shape index (κ2) is 8.77. The van der Waals surface area contributed by atoms with E-state index in [4.69, 9.17) is 4.74 Å². The first-order valence-corrected chi connectivity index (χ1v) is 8.55. The van der Waals surface area contributed by atoms with Gasteiger partial charge >= 0.3 is 6.18 Å². The third-order valence-electron chi connectivity index (χ3n) is 4.07. The van der Waals surface area contributed by atoms with Gasteiger partial charge in [-0.15, -0.1) is 0 Å². The van der Waals surface area contributed by atoms with Gasteiger partial charge in [0.2, 0.25) is 5.91 Å². The number of methoxy groups -OCH3 is 1. The highest BCUT2D eigenvalue weighted by atomic mass is 19.4. The second-order valence-corrected chi connectivity index (χ2v) is 6.49. The van der Waals surface area contributed by atoms with Gasteiger partial charge in [0.1, 0.15) is 11.8 Å². The molecular weight excluding hydrogens is 373 g/mol. The lowest BCUT2D eigenvalue weighted by Gasteiger charge is -2.22. The molecule has 0 aliphatic heterocycles. The van der Waals surface area contributed by atoms with Crippen molar-refractivity contribution >= 4 is 17.5 Å². The molecule has 0 unspecified atom stereocenters. The molecule has 0 aliphatic rings. The molecule has 8 heteroatoms. The maximum absolute atomic E-state index is 12.6. The molecule has 5 nitrogen and oxygen atoms in total. The molecule has 0 radical (unpaired) electrons. The predicted molar refractivity (Wildman–Crippen MR) is 99.2 cm³/mol. The maximum Gasteiger partial charge on any atom is 0.416 e. The molecule has 2 aromatic rings. The van der Waals surface area contributed by atoms with Gasteiger partial charge < -0.3 is 15.4 Å². The zero-order valence-corrected chi connectivity index (χ0v) is 15.6. The Morgan fingerprint density at radius 3 is 2.00 bits per heavy atom. The number of carbonyl (C=O) groups is 2. The minimum absolute atomic E-state index is 0.211. The number of ether oxygens (including phenoxy) is 1. The summed E-state index contributed by atoms with van der Waals surface area (Å²) in [6.07, 6.45) is -4.45. The third kappa shape index (κ3) is 5.48. The Kier molecular flexibility index (Phi) is 6.66. The Labute approximate surface area is 160 Å². The SMILES string of the molecule is COc1ccc(C(=O)N[C@H](C(=O)Nc2ccc(C(F)(F)F)cc2)C(C)C)cc1. The first-order chi connectivity index (χ1) is 13.1. The molecule has 28 heavy (non-hydrogen) atoms. The number of hydrogen-bond acceptors (Lipinski definition) is 3. The van der Waals surface area contributed by atoms with Gasteiger partial charge in [0.25, 0.3) is 5.91 Å². The van der Waals surface area contributed by atoms with Crippen LogP contribution in [0.5, 0.6) is 5.75 Å². The van der Waals surface area contributed by atoms with Crippen LogP contribution in [0.4, 0.5) is 18.9 Å². The van der Waals surface area contributed by atoms with Crippen LogP contribution in [0.3, 0.4) is 0 Å². The van der Waals surface area contributed by atoms with Gasteiger partial charge in [-0.05, 0) is 54.4 Å². The second-order valence-electron chi connectivity index (χ2n) is 6.49. The van der Waals surface area contributed by atoms with Crippen LogP contribution in [0.2, 0.25) is 0 Å². The van der Waals surface area contributed by atoms with E-state index in [1.165, 1.54) is 19.2 Å². The Balaban J connectivity index is 2.07. The van der Waals surface area contributed by atoms with E-state index >= 15 is 0 Å². The summed E-state index contributed by atoms with van der Waals surface area (Å²) in [5, 5.41) is 5.19. The molecule has 0 spiro atoms. The quantitative estimate of drug-likeness (QED) is 0.775. The van der Waals surface area contributed by atoms with Gasteiger partial charge in [0.05, 0.1) is 12.7 Å². The Morgan fingerprint density at radius 2 is 1.54 bits per heavy atom. The van der Waals surface area contributed by atoms with Crippen molar-refractivity contribution in [3.8, 4) is 5.75 Å². The van der Waals surface area contributed by atoms with Crippen LogP contribution in [0.1, 0.15) is 29.8 Å². The van der Waals surface area contributed by atoms with Crippen molar-refractivity contribution in [2.75, 3.05) is 12.4 Å². The van der Waals surface area contributed by atoms with Gasteiger partial charge in [-0.3, -0.25) is 9.59 Å². The zero-order chi connectivity index (χ0) is 20.9. The normalized spacial score (nSPS) is 12.4. The number of halogens is 3. The average Bonchev–Trinajstić information content (AvgIpc) is 2.65. The summed E-state index contributed by atoms with van der Waals surface area (Å²) >= 11 is 0. The molecule has 2 N–H and O–H groups in total. The van der Waals surface area contributed by atoms with Crippen LogP contribution < -0.4 is 15.4 Å². The fraction of sp³-hybridized carbons (Fsp3) is 0.300. The van der Waals surface area contributed by atoms with Crippen molar-refractivity contribution in [3.05, 3.63) is 59.7 Å². The van der Waals surface area contributed by atoms with Crippen LogP contribution >= 0.6 is 0 Å². The first kappa shape index (κ1) is 21.3. The molecule has 2 aromatic carbocycles. The van der Waals surface area contributed by atoms with E-state index in [2.05, 4.69) is 10.6 Å². The largest absolute Gasteiger partial charge is 0.497 e. The van der Waals surface area contributed by atoms with Crippen molar-refractivity contribution in [2.24, 2.45) is 5.92 Å². The zero-order valence-electron chi connectivity index (χ0n) is 15.6. The molecule has 150 valence electrons. The monoisotopic (exact) mass is 394 g/mol. The minimum atomic E-state index is -4.45. The number of hydrogen-bond donors (Lipinski definition) is 2. The molecular formula is C20H21F3N2O3. The number of nitrogens with one attached hydrogen (secondary N) is 2. The first-order valence-electron chi connectivity index (χ1n) is 8.55. The van der Waals surface area contributed by atoms with Gasteiger partial charge in [0.15, 0.2) is 0 Å². The van der Waals surface area contributed by atoms with Crippen molar-refractivity contribution in [2.45, 2.75) is 26.1 Å². The van der Waals surface area contributed by atoms with Crippen LogP contribution in [0.25, 0.3) is 0 Å². The molecule has 0 saturated carbocycles. The van der Waals surface area contributed by atoms with Crippen molar-refractivity contribution in [1.82, 2.24) is 5.32 Å². The lowest BCUT2D eigenvalue weighted by Crippen LogP contribution is -2.47. The number of amides is 2. The summed E-state index contributed by atoms with van der Waals surface area (Å²) < 4.78 is 42.9. The van der Waals surface area contributed by atoms with Crippen LogP contribution in [0.15, 0.2) is 48.5 Å². The number of rotatable bonds is 6. The molecule has 0 saturated heterocycles. The van der Waals surface area contributed by atoms with Crippen LogP contribution in [-0.2, 0) is 11.0 Å². The highest BCUT2D eigenvalue weighted by molar-refractivity contribution is 6.01. The van der Waals surface area contributed by atoms with Crippen LogP contribution in [-0.4, -0.2) is 25.0 Å². The van der Waals surface area contributed by atoms with Crippen molar-refractivity contribution in [1.29, 1.82) is 0 Å². The Hall–Kier alpha value is -3.03. The summed E-state index contributed by atoms with van der Waals surface area (Å²) in [4.78, 5) is 24.9. The summed E-state index contributed by atoms with van der Waals surface area (Å²) in [7, 11) is 1.51. The maximum atomic E-state index is 12.6. The highest BCUT2D eigenvalue weighted by Crippen LogP contribution is 2.29. The Bertz CT molecular complexity index is 816. The van der Waals surface area contributed by atoms with Gasteiger partial charge in [-0.2, -0.15) is 13.2 Å². The topological polar surface area (TPSA) is 67.4 Å². The van der Waals surface area contributed by atoms with E-state index in [0.29, 0.717) is 11.3 Å². The fourth-order valence-electron chi connectivity index (χ4n) is 2.46. The molecule has 1 atom stereocenters. The van der Waals surface area contributed by atoms with E-state index in [1.54, 1.807) is 38.1 Å². The summed E-state index contributed by atoms with van der Waals surface area (Å²) in [5.41, 5.74) is -0.241. The van der Waals surface area contributed by atoms with Crippen molar-refractivity contribution < 1.29 is 27.5 Å². The molecule has 0 aliphatic carbocycles. The third-order valence-corrected chi connectivity index (χ3v) is 4.07. The predicted octanol–water partition coefficient (Wildman–Crippen LogP) is 4.11. The smallest absolute Gasteiger partial charge is 0.416 e. The van der Waals surface area contributed by atoms with E-state index in [9.17, 15) is 22.8 Å². The summed E-state index contributed by atoms with van der Waals surface area (Å²) in [5.74, 6) is -0.603. The number of alkyl halides is 3. The molecule has 2 rings (SSSR count). The van der Waals surface area contributed by atoms with Gasteiger partial charge in [-0.1, -0.05) is 13.8 Å². The van der Waals surface area contributed by atoms with Crippen LogP contribution in [0, 0.1) is 5.92 Å². The molecule has 0 heterocycles. The summed E-state index contributed by atoms with van der Waals surface area (Å²) in [6, 6.07) is 9.64. The number of carbonyl (C=O) groups excluding carboxylic acids is 2. The lowest BCUT2D eigenvalue weighted by molar-refractivity contribution is -0.137. The van der Waals surface area contributed by atoms with Gasteiger partial charge in [-0.25, -0.2) is 0 Å². The highest BCUT2D eigenvalue weighted by Gasteiger charge is 2.30. The van der Waals surface area contributed by atoms with E-state index in [1.807, 2.05) is 0 Å². The average molecular weight is 394 g/mol. The summed E-state index contributed by atoms with van der Waals surface area (Å²) in [6.45, 7) is 3.51. The molecule has 2 amide bonds. The fourth-order valence-corrected chi connectivity index (χ4v) is 2.46. The Morgan fingerprint density at radius 1 is 0.964 bits per heavy atom. The van der Waals surface area contributed by atoms with E-state index < -0.39 is 29.6 Å². The lowest BCUT2D eigenvalue weighted by atomic mass is 10.0. The number of benzene rings is 2. The molecule has 0 aromatic heterocycles. The standard InChI is InChI=1S/C20H21F3N2O3/c1-12(2)17(25-18(26)13-4-10-16(28-3)11-5-13)19(27)24-15-8-6-14(7-9-15)20(21,22)23/h4-12,17H,1-3H3,(H,24,27)(H,25,26)/t17-/m0/s1. The minimum Gasteiger partial charge on any atom is -0.497 e. The van der Waals surface area contributed by atoms with Gasteiger partial charge in [0, 0.05) is 11.3 Å².